The van der Waals surface area contributed by atoms with Crippen LogP contribution in [0.1, 0.15) is 18.5 Å². The number of anilines is 2. The van der Waals surface area contributed by atoms with Crippen LogP contribution in [-0.2, 0) is 0 Å². The molecule has 0 saturated carbocycles. The van der Waals surface area contributed by atoms with E-state index in [0.29, 0.717) is 16.1 Å². The number of nitrogen functional groups attached to an aromatic ring is 1. The van der Waals surface area contributed by atoms with Gasteiger partial charge in [-0.05, 0) is 40.5 Å². The molecule has 1 atom stereocenters. The van der Waals surface area contributed by atoms with Gasteiger partial charge in [-0.1, -0.05) is 0 Å². The third-order valence-corrected chi connectivity index (χ3v) is 3.24. The van der Waals surface area contributed by atoms with Gasteiger partial charge < -0.3 is 10.7 Å². The summed E-state index contributed by atoms with van der Waals surface area (Å²) < 4.78 is 0.702. The second-order valence-electron chi connectivity index (χ2n) is 3.68. The molecule has 2 heterocycles. The Labute approximate surface area is 113 Å². The van der Waals surface area contributed by atoms with Crippen molar-refractivity contribution in [2.75, 3.05) is 10.7 Å². The molecule has 6 nitrogen and oxygen atoms in total. The molecule has 0 saturated heterocycles. The quantitative estimate of drug-likeness (QED) is 0.592. The van der Waals surface area contributed by atoms with Crippen molar-refractivity contribution in [1.29, 1.82) is 0 Å². The van der Waals surface area contributed by atoms with Gasteiger partial charge >= 0.3 is 0 Å². The molecule has 0 amide bonds. The average Bonchev–Trinajstić information content (AvgIpc) is 2.42. The molecule has 94 valence electrons. The van der Waals surface area contributed by atoms with E-state index in [9.17, 15) is 0 Å². The first-order chi connectivity index (χ1) is 8.72. The van der Waals surface area contributed by atoms with Crippen molar-refractivity contribution >= 4 is 27.6 Å². The molecule has 0 radical (unpaired) electrons. The Kier molecular flexibility index (Phi) is 4.06. The minimum Gasteiger partial charge on any atom is -0.362 e. The Morgan fingerprint density at radius 2 is 1.89 bits per heavy atom. The van der Waals surface area contributed by atoms with E-state index in [1.54, 1.807) is 12.4 Å². The van der Waals surface area contributed by atoms with E-state index in [1.165, 1.54) is 6.33 Å². The zero-order valence-electron chi connectivity index (χ0n) is 9.76. The van der Waals surface area contributed by atoms with Crippen molar-refractivity contribution in [3.63, 3.8) is 0 Å². The highest BCUT2D eigenvalue weighted by Crippen LogP contribution is 2.28. The summed E-state index contributed by atoms with van der Waals surface area (Å²) in [4.78, 5) is 12.2. The predicted octanol–water partition coefficient (Wildman–Crippen LogP) is 2.09. The van der Waals surface area contributed by atoms with Gasteiger partial charge in [-0.2, -0.15) is 0 Å². The molecule has 0 aromatic carbocycles. The summed E-state index contributed by atoms with van der Waals surface area (Å²) in [5.41, 5.74) is 3.62. The summed E-state index contributed by atoms with van der Waals surface area (Å²) >= 11 is 3.40. The van der Waals surface area contributed by atoms with Crippen LogP contribution in [0.2, 0.25) is 0 Å². The van der Waals surface area contributed by atoms with Gasteiger partial charge in [0, 0.05) is 12.4 Å². The zero-order valence-corrected chi connectivity index (χ0v) is 11.3. The third kappa shape index (κ3) is 2.74. The SMILES string of the molecule is CC(Nc1ncnc(NN)c1Br)c1ccncc1. The van der Waals surface area contributed by atoms with E-state index in [-0.39, 0.29) is 6.04 Å². The van der Waals surface area contributed by atoms with Crippen LogP contribution in [0, 0.1) is 0 Å². The first kappa shape index (κ1) is 12.7. The topological polar surface area (TPSA) is 88.8 Å². The molecule has 0 aliphatic carbocycles. The van der Waals surface area contributed by atoms with Gasteiger partial charge in [0.25, 0.3) is 0 Å². The fourth-order valence-electron chi connectivity index (χ4n) is 1.51. The molecule has 2 aromatic heterocycles. The molecular weight excluding hydrogens is 296 g/mol. The number of hydrogen-bond acceptors (Lipinski definition) is 6. The second kappa shape index (κ2) is 5.74. The number of aromatic nitrogens is 3. The molecule has 2 aromatic rings. The normalized spacial score (nSPS) is 11.9. The molecule has 0 bridgehead atoms. The molecule has 7 heteroatoms. The maximum Gasteiger partial charge on any atom is 0.159 e. The standard InChI is InChI=1S/C11H13BrN6/c1-7(8-2-4-14-5-3-8)17-10-9(12)11(18-13)16-6-15-10/h2-7H,13H2,1H3,(H2,15,16,17,18). The lowest BCUT2D eigenvalue weighted by molar-refractivity contribution is 0.866. The molecule has 0 aliphatic heterocycles. The maximum absolute atomic E-state index is 5.36. The number of hydrazine groups is 1. The molecule has 0 aliphatic rings. The highest BCUT2D eigenvalue weighted by molar-refractivity contribution is 9.10. The molecule has 0 spiro atoms. The van der Waals surface area contributed by atoms with E-state index >= 15 is 0 Å². The number of nitrogens with two attached hydrogens (primary N) is 1. The highest BCUT2D eigenvalue weighted by atomic mass is 79.9. The molecular formula is C11H13BrN6. The van der Waals surface area contributed by atoms with E-state index in [2.05, 4.69) is 41.6 Å². The van der Waals surface area contributed by atoms with E-state index in [1.807, 2.05) is 19.1 Å². The summed E-state index contributed by atoms with van der Waals surface area (Å²) in [6, 6.07) is 4.01. The van der Waals surface area contributed by atoms with E-state index in [0.717, 1.165) is 5.56 Å². The Morgan fingerprint density at radius 1 is 1.22 bits per heavy atom. The van der Waals surface area contributed by atoms with Crippen molar-refractivity contribution < 1.29 is 0 Å². The van der Waals surface area contributed by atoms with Gasteiger partial charge in [0.15, 0.2) is 5.82 Å². The molecule has 2 rings (SSSR count). The third-order valence-electron chi connectivity index (χ3n) is 2.49. The Morgan fingerprint density at radius 3 is 2.56 bits per heavy atom. The summed E-state index contributed by atoms with van der Waals surface area (Å²) in [6.45, 7) is 2.04. The fraction of sp³-hybridized carbons (Fsp3) is 0.182. The Bertz CT molecular complexity index is 518. The summed E-state index contributed by atoms with van der Waals surface area (Å²) in [5, 5.41) is 3.28. The first-order valence-electron chi connectivity index (χ1n) is 5.36. The van der Waals surface area contributed by atoms with Crippen LogP contribution < -0.4 is 16.6 Å². The van der Waals surface area contributed by atoms with E-state index < -0.39 is 0 Å². The first-order valence-corrected chi connectivity index (χ1v) is 6.15. The second-order valence-corrected chi connectivity index (χ2v) is 4.47. The van der Waals surface area contributed by atoms with Gasteiger partial charge in [0.1, 0.15) is 16.6 Å². The number of rotatable bonds is 4. The molecule has 0 fully saturated rings. The summed E-state index contributed by atoms with van der Waals surface area (Å²) in [6.07, 6.45) is 4.96. The van der Waals surface area contributed by atoms with Crippen LogP contribution in [0.3, 0.4) is 0 Å². The number of nitrogens with zero attached hydrogens (tertiary/aromatic N) is 3. The number of hydrogen-bond donors (Lipinski definition) is 3. The summed E-state index contributed by atoms with van der Waals surface area (Å²) in [5.74, 6) is 6.57. The highest BCUT2D eigenvalue weighted by Gasteiger charge is 2.11. The number of nitrogens with one attached hydrogen (secondary N) is 2. The number of pyridine rings is 1. The van der Waals surface area contributed by atoms with Crippen molar-refractivity contribution in [1.82, 2.24) is 15.0 Å². The van der Waals surface area contributed by atoms with Crippen molar-refractivity contribution in [2.24, 2.45) is 5.84 Å². The molecule has 1 unspecified atom stereocenters. The van der Waals surface area contributed by atoms with Gasteiger partial charge in [-0.25, -0.2) is 15.8 Å². The van der Waals surface area contributed by atoms with Crippen LogP contribution in [-0.4, -0.2) is 15.0 Å². The average molecular weight is 309 g/mol. The van der Waals surface area contributed by atoms with Crippen molar-refractivity contribution in [2.45, 2.75) is 13.0 Å². The summed E-state index contributed by atoms with van der Waals surface area (Å²) in [7, 11) is 0. The molecule has 4 N–H and O–H groups in total. The number of halogens is 1. The Hall–Kier alpha value is -1.73. The van der Waals surface area contributed by atoms with Crippen LogP contribution in [0.15, 0.2) is 35.3 Å². The predicted molar refractivity (Wildman–Crippen MR) is 73.8 cm³/mol. The van der Waals surface area contributed by atoms with Gasteiger partial charge in [-0.15, -0.1) is 0 Å². The van der Waals surface area contributed by atoms with E-state index in [4.69, 9.17) is 5.84 Å². The lowest BCUT2D eigenvalue weighted by atomic mass is 10.1. The van der Waals surface area contributed by atoms with Gasteiger partial charge in [-0.3, -0.25) is 4.98 Å². The smallest absolute Gasteiger partial charge is 0.159 e. The van der Waals surface area contributed by atoms with Gasteiger partial charge in [0.05, 0.1) is 6.04 Å². The van der Waals surface area contributed by atoms with Crippen LogP contribution in [0.25, 0.3) is 0 Å². The van der Waals surface area contributed by atoms with Crippen LogP contribution >= 0.6 is 15.9 Å². The zero-order chi connectivity index (χ0) is 13.0. The lowest BCUT2D eigenvalue weighted by Gasteiger charge is -2.16. The van der Waals surface area contributed by atoms with Gasteiger partial charge in [0.2, 0.25) is 0 Å². The molecule has 18 heavy (non-hydrogen) atoms. The van der Waals surface area contributed by atoms with Crippen LogP contribution in [0.5, 0.6) is 0 Å². The largest absolute Gasteiger partial charge is 0.362 e. The minimum atomic E-state index is 0.102. The fourth-order valence-corrected chi connectivity index (χ4v) is 1.95. The minimum absolute atomic E-state index is 0.102. The maximum atomic E-state index is 5.36. The Balaban J connectivity index is 2.19. The van der Waals surface area contributed by atoms with Crippen LogP contribution in [0.4, 0.5) is 11.6 Å². The lowest BCUT2D eigenvalue weighted by Crippen LogP contribution is -2.13. The monoisotopic (exact) mass is 308 g/mol. The van der Waals surface area contributed by atoms with Crippen molar-refractivity contribution in [3.8, 4) is 0 Å². The van der Waals surface area contributed by atoms with Crippen molar-refractivity contribution in [3.05, 3.63) is 40.9 Å².